The van der Waals surface area contributed by atoms with Gasteiger partial charge in [0.1, 0.15) is 6.61 Å². The first-order valence-electron chi connectivity index (χ1n) is 7.76. The molecule has 0 atom stereocenters. The third-order valence-corrected chi connectivity index (χ3v) is 3.51. The number of para-hydroxylation sites is 1. The largest absolute Gasteiger partial charge is 0.456 e. The van der Waals surface area contributed by atoms with Crippen LogP contribution in [0.15, 0.2) is 79.0 Å². The van der Waals surface area contributed by atoms with Crippen molar-refractivity contribution in [2.75, 3.05) is 5.32 Å². The molecule has 0 saturated heterocycles. The lowest BCUT2D eigenvalue weighted by Crippen LogP contribution is -2.15. The van der Waals surface area contributed by atoms with Crippen molar-refractivity contribution in [2.24, 2.45) is 0 Å². The normalized spacial score (nSPS) is 10.1. The highest BCUT2D eigenvalue weighted by Gasteiger charge is 2.15. The number of carbonyl (C=O) groups is 2. The van der Waals surface area contributed by atoms with Crippen LogP contribution in [0, 0.1) is 0 Å². The van der Waals surface area contributed by atoms with E-state index < -0.39 is 5.97 Å². The number of nitrogens with zero attached hydrogens (tertiary/aromatic N) is 1. The van der Waals surface area contributed by atoms with Crippen molar-refractivity contribution in [3.8, 4) is 0 Å². The van der Waals surface area contributed by atoms with Gasteiger partial charge in [0.2, 0.25) is 0 Å². The average Bonchev–Trinajstić information content (AvgIpc) is 2.68. The van der Waals surface area contributed by atoms with E-state index in [1.165, 1.54) is 0 Å². The molecule has 1 heterocycles. The summed E-state index contributed by atoms with van der Waals surface area (Å²) in [5, 5.41) is 2.75. The number of anilines is 1. The van der Waals surface area contributed by atoms with Gasteiger partial charge in [-0.05, 0) is 36.4 Å². The predicted octanol–water partition coefficient (Wildman–Crippen LogP) is 3.69. The molecule has 1 N–H and O–H groups in total. The molecule has 1 aromatic heterocycles. The van der Waals surface area contributed by atoms with Gasteiger partial charge in [-0.3, -0.25) is 9.78 Å². The number of benzene rings is 2. The summed E-state index contributed by atoms with van der Waals surface area (Å²) in [5.41, 5.74) is 1.87. The second-order valence-corrected chi connectivity index (χ2v) is 5.26. The van der Waals surface area contributed by atoms with Gasteiger partial charge in [-0.2, -0.15) is 0 Å². The van der Waals surface area contributed by atoms with Crippen LogP contribution in [0.4, 0.5) is 5.69 Å². The lowest BCUT2D eigenvalue weighted by molar-refractivity contribution is 0.0469. The average molecular weight is 332 g/mol. The van der Waals surface area contributed by atoms with Crippen molar-refractivity contribution < 1.29 is 14.3 Å². The second-order valence-electron chi connectivity index (χ2n) is 5.26. The summed E-state index contributed by atoms with van der Waals surface area (Å²) in [6.45, 7) is 0.0701. The highest BCUT2D eigenvalue weighted by molar-refractivity contribution is 6.07. The van der Waals surface area contributed by atoms with Crippen LogP contribution in [-0.4, -0.2) is 16.9 Å². The SMILES string of the molecule is O=C(Nc1ccccc1C(=O)OCc1ccccn1)c1ccccc1. The van der Waals surface area contributed by atoms with Gasteiger partial charge in [0.15, 0.2) is 0 Å². The fourth-order valence-electron chi connectivity index (χ4n) is 2.25. The molecule has 1 amide bonds. The van der Waals surface area contributed by atoms with Gasteiger partial charge in [-0.25, -0.2) is 4.79 Å². The molecule has 0 unspecified atom stereocenters. The quantitative estimate of drug-likeness (QED) is 0.724. The van der Waals surface area contributed by atoms with Gasteiger partial charge in [0, 0.05) is 11.8 Å². The Bertz CT molecular complexity index is 864. The molecule has 3 rings (SSSR count). The van der Waals surface area contributed by atoms with Gasteiger partial charge >= 0.3 is 5.97 Å². The fraction of sp³-hybridized carbons (Fsp3) is 0.0500. The highest BCUT2D eigenvalue weighted by Crippen LogP contribution is 2.18. The molecule has 0 saturated carbocycles. The van der Waals surface area contributed by atoms with Crippen molar-refractivity contribution in [3.63, 3.8) is 0 Å². The van der Waals surface area contributed by atoms with Gasteiger partial charge in [-0.1, -0.05) is 36.4 Å². The fourth-order valence-corrected chi connectivity index (χ4v) is 2.25. The molecule has 0 aliphatic rings. The molecular weight excluding hydrogens is 316 g/mol. The van der Waals surface area contributed by atoms with Crippen LogP contribution >= 0.6 is 0 Å². The molecular formula is C20H16N2O3. The van der Waals surface area contributed by atoms with Crippen LogP contribution in [0.2, 0.25) is 0 Å². The summed E-state index contributed by atoms with van der Waals surface area (Å²) in [6, 6.07) is 20.9. The molecule has 0 aliphatic carbocycles. The van der Waals surface area contributed by atoms with E-state index in [4.69, 9.17) is 4.74 Å². The van der Waals surface area contributed by atoms with E-state index in [1.54, 1.807) is 66.9 Å². The first-order valence-corrected chi connectivity index (χ1v) is 7.76. The number of esters is 1. The third-order valence-electron chi connectivity index (χ3n) is 3.51. The van der Waals surface area contributed by atoms with Crippen LogP contribution in [0.1, 0.15) is 26.4 Å². The van der Waals surface area contributed by atoms with Gasteiger partial charge in [0.25, 0.3) is 5.91 Å². The molecule has 0 radical (unpaired) electrons. The maximum atomic E-state index is 12.4. The molecule has 0 bridgehead atoms. The number of hydrogen-bond acceptors (Lipinski definition) is 4. The molecule has 0 fully saturated rings. The van der Waals surface area contributed by atoms with Crippen LogP contribution in [0.3, 0.4) is 0 Å². The number of aromatic nitrogens is 1. The summed E-state index contributed by atoms with van der Waals surface area (Å²) in [4.78, 5) is 28.8. The van der Waals surface area contributed by atoms with Gasteiger partial charge in [0.05, 0.1) is 16.9 Å². The minimum Gasteiger partial charge on any atom is -0.456 e. The first-order chi connectivity index (χ1) is 12.2. The van der Waals surface area contributed by atoms with Crippen molar-refractivity contribution in [1.82, 2.24) is 4.98 Å². The molecule has 0 spiro atoms. The summed E-state index contributed by atoms with van der Waals surface area (Å²) in [7, 11) is 0. The summed E-state index contributed by atoms with van der Waals surface area (Å²) in [6.07, 6.45) is 1.64. The Balaban J connectivity index is 1.72. The predicted molar refractivity (Wildman–Crippen MR) is 94.2 cm³/mol. The van der Waals surface area contributed by atoms with Crippen molar-refractivity contribution >= 4 is 17.6 Å². The molecule has 5 heteroatoms. The Hall–Kier alpha value is -3.47. The highest BCUT2D eigenvalue weighted by atomic mass is 16.5. The molecule has 3 aromatic rings. The number of amides is 1. The lowest BCUT2D eigenvalue weighted by Gasteiger charge is -2.11. The van der Waals surface area contributed by atoms with Crippen LogP contribution < -0.4 is 5.32 Å². The summed E-state index contributed by atoms with van der Waals surface area (Å²) >= 11 is 0. The number of nitrogens with one attached hydrogen (secondary N) is 1. The molecule has 0 aliphatic heterocycles. The van der Waals surface area contributed by atoms with E-state index in [0.717, 1.165) is 0 Å². The standard InChI is InChI=1S/C20H16N2O3/c23-19(15-8-2-1-3-9-15)22-18-12-5-4-11-17(18)20(24)25-14-16-10-6-7-13-21-16/h1-13H,14H2,(H,22,23). The van der Waals surface area contributed by atoms with E-state index in [2.05, 4.69) is 10.3 Å². The number of rotatable bonds is 5. The smallest absolute Gasteiger partial charge is 0.340 e. The van der Waals surface area contributed by atoms with Gasteiger partial charge < -0.3 is 10.1 Å². The van der Waals surface area contributed by atoms with Crippen molar-refractivity contribution in [2.45, 2.75) is 6.61 Å². The second kappa shape index (κ2) is 7.88. The molecule has 25 heavy (non-hydrogen) atoms. The number of carbonyl (C=O) groups excluding carboxylic acids is 2. The maximum absolute atomic E-state index is 12.4. The third kappa shape index (κ3) is 4.29. The molecule has 124 valence electrons. The zero-order valence-corrected chi connectivity index (χ0v) is 13.4. The Labute approximate surface area is 145 Å². The van der Waals surface area contributed by atoms with E-state index in [9.17, 15) is 9.59 Å². The minimum absolute atomic E-state index is 0.0701. The Morgan fingerprint density at radius 3 is 2.36 bits per heavy atom. The maximum Gasteiger partial charge on any atom is 0.340 e. The van der Waals surface area contributed by atoms with Crippen LogP contribution in [0.5, 0.6) is 0 Å². The van der Waals surface area contributed by atoms with E-state index in [1.807, 2.05) is 12.1 Å². The number of hydrogen-bond donors (Lipinski definition) is 1. The Morgan fingerprint density at radius 2 is 1.60 bits per heavy atom. The summed E-state index contributed by atoms with van der Waals surface area (Å²) < 4.78 is 5.29. The monoisotopic (exact) mass is 332 g/mol. The van der Waals surface area contributed by atoms with Gasteiger partial charge in [-0.15, -0.1) is 0 Å². The Morgan fingerprint density at radius 1 is 0.880 bits per heavy atom. The van der Waals surface area contributed by atoms with Crippen molar-refractivity contribution in [3.05, 3.63) is 95.8 Å². The van der Waals surface area contributed by atoms with E-state index >= 15 is 0 Å². The molecule has 5 nitrogen and oxygen atoms in total. The Kier molecular flexibility index (Phi) is 5.16. The zero-order chi connectivity index (χ0) is 17.5. The lowest BCUT2D eigenvalue weighted by atomic mass is 10.1. The summed E-state index contributed by atoms with van der Waals surface area (Å²) in [5.74, 6) is -0.805. The number of ether oxygens (including phenoxy) is 1. The van der Waals surface area contributed by atoms with Crippen LogP contribution in [-0.2, 0) is 11.3 Å². The van der Waals surface area contributed by atoms with E-state index in [0.29, 0.717) is 22.5 Å². The number of pyridine rings is 1. The van der Waals surface area contributed by atoms with E-state index in [-0.39, 0.29) is 12.5 Å². The molecule has 2 aromatic carbocycles. The zero-order valence-electron chi connectivity index (χ0n) is 13.4. The minimum atomic E-state index is -0.519. The first kappa shape index (κ1) is 16.4. The van der Waals surface area contributed by atoms with Crippen molar-refractivity contribution in [1.29, 1.82) is 0 Å². The van der Waals surface area contributed by atoms with Crippen LogP contribution in [0.25, 0.3) is 0 Å². The topological polar surface area (TPSA) is 68.3 Å².